The second-order valence-corrected chi connectivity index (χ2v) is 10.9. The fourth-order valence-corrected chi connectivity index (χ4v) is 8.70. The van der Waals surface area contributed by atoms with Gasteiger partial charge in [0.2, 0.25) is 0 Å². The van der Waals surface area contributed by atoms with Crippen LogP contribution in [0, 0.1) is 52.3 Å². The quantitative estimate of drug-likeness (QED) is 0.566. The Balaban J connectivity index is 1.64. The second-order valence-electron chi connectivity index (χ2n) is 10.9. The number of hydrogen-bond donors (Lipinski definition) is 0. The van der Waals surface area contributed by atoms with E-state index in [1.165, 1.54) is 51.4 Å². The summed E-state index contributed by atoms with van der Waals surface area (Å²) < 4.78 is 0. The number of carbonyl (C=O) groups excluding carboxylic acids is 1. The monoisotopic (exact) mass is 330 g/mol. The van der Waals surface area contributed by atoms with Crippen molar-refractivity contribution in [2.75, 3.05) is 0 Å². The molecule has 4 rings (SSSR count). The summed E-state index contributed by atoms with van der Waals surface area (Å²) >= 11 is 0. The molecule has 4 aliphatic carbocycles. The van der Waals surface area contributed by atoms with E-state index in [2.05, 4.69) is 27.7 Å². The molecule has 0 N–H and O–H groups in total. The minimum atomic E-state index is 0.303. The van der Waals surface area contributed by atoms with Gasteiger partial charge in [-0.3, -0.25) is 4.79 Å². The topological polar surface area (TPSA) is 17.1 Å². The molecule has 0 bridgehead atoms. The van der Waals surface area contributed by atoms with Crippen molar-refractivity contribution in [1.29, 1.82) is 0 Å². The van der Waals surface area contributed by atoms with Crippen molar-refractivity contribution in [2.45, 2.75) is 86.0 Å². The molecule has 0 amide bonds. The fourth-order valence-electron chi connectivity index (χ4n) is 8.70. The summed E-state index contributed by atoms with van der Waals surface area (Å²) in [5.41, 5.74) is 0.909. The summed E-state index contributed by atoms with van der Waals surface area (Å²) in [6, 6.07) is 0. The average molecular weight is 331 g/mol. The number of carbonyl (C=O) groups is 1. The van der Waals surface area contributed by atoms with Gasteiger partial charge in [-0.15, -0.1) is 0 Å². The number of ketones is 1. The maximum Gasteiger partial charge on any atom is 0.133 e. The van der Waals surface area contributed by atoms with Crippen molar-refractivity contribution in [2.24, 2.45) is 52.3 Å². The molecule has 0 heterocycles. The normalized spacial score (nSPS) is 57.0. The lowest BCUT2D eigenvalue weighted by molar-refractivity contribution is -0.135. The van der Waals surface area contributed by atoms with Gasteiger partial charge in [-0.2, -0.15) is 0 Å². The van der Waals surface area contributed by atoms with Gasteiger partial charge in [0.05, 0.1) is 0 Å². The van der Waals surface area contributed by atoms with Crippen molar-refractivity contribution in [3.8, 4) is 0 Å². The van der Waals surface area contributed by atoms with E-state index >= 15 is 0 Å². The second kappa shape index (κ2) is 5.58. The van der Waals surface area contributed by atoms with Gasteiger partial charge in [-0.1, -0.05) is 34.1 Å². The third kappa shape index (κ3) is 2.21. The van der Waals surface area contributed by atoms with E-state index in [-0.39, 0.29) is 0 Å². The summed E-state index contributed by atoms with van der Waals surface area (Å²) in [7, 11) is 0. The molecule has 1 heteroatoms. The number of hydrogen-bond acceptors (Lipinski definition) is 1. The Kier molecular flexibility index (Phi) is 3.98. The molecular weight excluding hydrogens is 292 g/mol. The van der Waals surface area contributed by atoms with Gasteiger partial charge in [0.1, 0.15) is 5.78 Å². The Morgan fingerprint density at radius 2 is 1.58 bits per heavy atom. The van der Waals surface area contributed by atoms with Crippen LogP contribution in [0.2, 0.25) is 0 Å². The molecular formula is C23H38O. The minimum Gasteiger partial charge on any atom is -0.300 e. The van der Waals surface area contributed by atoms with Crippen LogP contribution >= 0.6 is 0 Å². The molecule has 0 radical (unpaired) electrons. The molecule has 0 aromatic carbocycles. The Hall–Kier alpha value is -0.330. The van der Waals surface area contributed by atoms with Crippen LogP contribution in [0.4, 0.5) is 0 Å². The van der Waals surface area contributed by atoms with E-state index < -0.39 is 0 Å². The first kappa shape index (κ1) is 17.1. The molecule has 0 aliphatic heterocycles. The Bertz CT molecular complexity index is 524. The third-order valence-electron chi connectivity index (χ3n) is 9.71. The van der Waals surface area contributed by atoms with E-state index in [0.29, 0.717) is 28.4 Å². The Morgan fingerprint density at radius 3 is 2.29 bits per heavy atom. The van der Waals surface area contributed by atoms with Gasteiger partial charge in [0, 0.05) is 5.92 Å². The highest BCUT2D eigenvalue weighted by molar-refractivity contribution is 5.80. The number of rotatable bonds is 1. The predicted molar refractivity (Wildman–Crippen MR) is 99.6 cm³/mol. The van der Waals surface area contributed by atoms with Crippen molar-refractivity contribution in [1.82, 2.24) is 0 Å². The lowest BCUT2D eigenvalue weighted by atomic mass is 9.44. The van der Waals surface area contributed by atoms with Crippen molar-refractivity contribution in [3.63, 3.8) is 0 Å². The Labute approximate surface area is 149 Å². The summed E-state index contributed by atoms with van der Waals surface area (Å²) in [5.74, 6) is 6.00. The van der Waals surface area contributed by atoms with Crippen LogP contribution in [-0.4, -0.2) is 5.78 Å². The molecule has 0 aromatic heterocycles. The van der Waals surface area contributed by atoms with Crippen LogP contribution < -0.4 is 0 Å². The standard InChI is InChI=1S/C23H38O/c1-14-8-10-22(4)17(12-14)6-7-18-19(22)9-11-23(5)20(18)13-15(2)21(23)16(3)24/h14-15,17-21H,6-13H2,1-5H3. The van der Waals surface area contributed by atoms with Crippen LogP contribution in [0.5, 0.6) is 0 Å². The van der Waals surface area contributed by atoms with E-state index in [4.69, 9.17) is 0 Å². The number of Topliss-reactive ketones (excluding diaryl/α,β-unsaturated/α-hetero) is 1. The zero-order valence-corrected chi connectivity index (χ0v) is 16.6. The summed E-state index contributed by atoms with van der Waals surface area (Å²) in [5, 5.41) is 0. The van der Waals surface area contributed by atoms with Crippen molar-refractivity contribution in [3.05, 3.63) is 0 Å². The minimum absolute atomic E-state index is 0.303. The zero-order chi connectivity index (χ0) is 17.3. The molecule has 4 aliphatic rings. The highest BCUT2D eigenvalue weighted by atomic mass is 16.1. The number of fused-ring (bicyclic) bond motifs is 5. The highest BCUT2D eigenvalue weighted by Gasteiger charge is 2.62. The summed E-state index contributed by atoms with van der Waals surface area (Å²) in [6.45, 7) is 11.8. The molecule has 0 spiro atoms. The van der Waals surface area contributed by atoms with Crippen molar-refractivity contribution < 1.29 is 4.79 Å². The Morgan fingerprint density at radius 1 is 0.875 bits per heavy atom. The summed E-state index contributed by atoms with van der Waals surface area (Å²) in [6.07, 6.45) is 11.3. The maximum atomic E-state index is 12.4. The first-order valence-corrected chi connectivity index (χ1v) is 10.8. The molecule has 24 heavy (non-hydrogen) atoms. The molecule has 0 saturated heterocycles. The van der Waals surface area contributed by atoms with E-state index in [9.17, 15) is 4.79 Å². The van der Waals surface area contributed by atoms with Gasteiger partial charge in [-0.05, 0) is 98.2 Å². The molecule has 4 fully saturated rings. The zero-order valence-electron chi connectivity index (χ0n) is 16.6. The predicted octanol–water partition coefficient (Wildman–Crippen LogP) is 6.12. The molecule has 1 nitrogen and oxygen atoms in total. The van der Waals surface area contributed by atoms with Crippen molar-refractivity contribution >= 4 is 5.78 Å². The van der Waals surface area contributed by atoms with E-state index in [0.717, 1.165) is 29.6 Å². The van der Waals surface area contributed by atoms with Crippen LogP contribution in [-0.2, 0) is 4.79 Å². The van der Waals surface area contributed by atoms with Crippen LogP contribution in [0.3, 0.4) is 0 Å². The SMILES string of the molecule is CC(=O)C1C(C)CC2C3CCC4CC(C)CCC4(C)C3CCC21C. The van der Waals surface area contributed by atoms with Crippen LogP contribution in [0.15, 0.2) is 0 Å². The molecule has 0 aromatic rings. The smallest absolute Gasteiger partial charge is 0.133 e. The molecule has 136 valence electrons. The van der Waals surface area contributed by atoms with Crippen LogP contribution in [0.25, 0.3) is 0 Å². The van der Waals surface area contributed by atoms with Gasteiger partial charge in [0.25, 0.3) is 0 Å². The highest BCUT2D eigenvalue weighted by Crippen LogP contribution is 2.68. The lowest BCUT2D eigenvalue weighted by Gasteiger charge is -2.61. The van der Waals surface area contributed by atoms with Gasteiger partial charge in [0.15, 0.2) is 0 Å². The maximum absolute atomic E-state index is 12.4. The molecule has 9 unspecified atom stereocenters. The average Bonchev–Trinajstić information content (AvgIpc) is 2.78. The van der Waals surface area contributed by atoms with E-state index in [1.807, 2.05) is 6.92 Å². The van der Waals surface area contributed by atoms with Gasteiger partial charge in [-0.25, -0.2) is 0 Å². The lowest BCUT2D eigenvalue weighted by Crippen LogP contribution is -2.53. The van der Waals surface area contributed by atoms with Crippen LogP contribution in [0.1, 0.15) is 86.0 Å². The third-order valence-corrected chi connectivity index (χ3v) is 9.71. The van der Waals surface area contributed by atoms with E-state index in [1.54, 1.807) is 0 Å². The fraction of sp³-hybridized carbons (Fsp3) is 0.957. The van der Waals surface area contributed by atoms with Gasteiger partial charge < -0.3 is 0 Å². The first-order valence-electron chi connectivity index (χ1n) is 10.8. The first-order chi connectivity index (χ1) is 11.3. The summed E-state index contributed by atoms with van der Waals surface area (Å²) in [4.78, 5) is 12.4. The molecule has 9 atom stereocenters. The largest absolute Gasteiger partial charge is 0.300 e. The van der Waals surface area contributed by atoms with Gasteiger partial charge >= 0.3 is 0 Å². The molecule has 4 saturated carbocycles.